The number of hydrogen-bond donors (Lipinski definition) is 1. The van der Waals surface area contributed by atoms with Crippen LogP contribution in [0.5, 0.6) is 11.5 Å². The number of nitrogens with one attached hydrogen (secondary N) is 1. The average Bonchev–Trinajstić information content (AvgIpc) is 3.08. The SMILES string of the molecule is CS(=O)(=O)N(CCNC(=O)c1ccc2c(c1)OCO2)Cc1ccccc1. The van der Waals surface area contributed by atoms with Gasteiger partial charge in [-0.2, -0.15) is 4.31 Å². The number of ether oxygens (including phenoxy) is 2. The third kappa shape index (κ3) is 4.53. The number of carbonyl (C=O) groups excluding carboxylic acids is 1. The molecule has 1 aliphatic rings. The van der Waals surface area contributed by atoms with Crippen molar-refractivity contribution in [1.29, 1.82) is 0 Å². The molecule has 0 bridgehead atoms. The Hall–Kier alpha value is -2.58. The van der Waals surface area contributed by atoms with Gasteiger partial charge in [0, 0.05) is 25.2 Å². The molecule has 138 valence electrons. The maximum atomic E-state index is 12.3. The Morgan fingerprint density at radius 2 is 1.85 bits per heavy atom. The number of rotatable bonds is 7. The molecule has 1 amide bonds. The van der Waals surface area contributed by atoms with Crippen molar-refractivity contribution in [2.24, 2.45) is 0 Å². The van der Waals surface area contributed by atoms with E-state index in [0.717, 1.165) is 11.8 Å². The van der Waals surface area contributed by atoms with Gasteiger partial charge >= 0.3 is 0 Å². The van der Waals surface area contributed by atoms with Crippen molar-refractivity contribution < 1.29 is 22.7 Å². The number of fused-ring (bicyclic) bond motifs is 1. The number of benzene rings is 2. The fourth-order valence-corrected chi connectivity index (χ4v) is 3.39. The molecular weight excluding hydrogens is 356 g/mol. The van der Waals surface area contributed by atoms with Gasteiger partial charge in [-0.1, -0.05) is 30.3 Å². The van der Waals surface area contributed by atoms with E-state index in [9.17, 15) is 13.2 Å². The summed E-state index contributed by atoms with van der Waals surface area (Å²) in [6, 6.07) is 14.2. The molecule has 0 aliphatic carbocycles. The van der Waals surface area contributed by atoms with Crippen molar-refractivity contribution >= 4 is 15.9 Å². The summed E-state index contributed by atoms with van der Waals surface area (Å²) >= 11 is 0. The van der Waals surface area contributed by atoms with Crippen LogP contribution >= 0.6 is 0 Å². The van der Waals surface area contributed by atoms with Gasteiger partial charge in [0.05, 0.1) is 6.26 Å². The van der Waals surface area contributed by atoms with E-state index in [1.54, 1.807) is 18.2 Å². The molecule has 7 nitrogen and oxygen atoms in total. The minimum atomic E-state index is -3.39. The van der Waals surface area contributed by atoms with E-state index in [0.29, 0.717) is 17.1 Å². The lowest BCUT2D eigenvalue weighted by atomic mass is 10.2. The Kier molecular flexibility index (Phi) is 5.43. The van der Waals surface area contributed by atoms with E-state index >= 15 is 0 Å². The van der Waals surface area contributed by atoms with Crippen LogP contribution in [0.15, 0.2) is 48.5 Å². The highest BCUT2D eigenvalue weighted by Gasteiger charge is 2.19. The number of carbonyl (C=O) groups is 1. The molecule has 0 saturated carbocycles. The third-order valence-electron chi connectivity index (χ3n) is 3.95. The Labute approximate surface area is 152 Å². The van der Waals surface area contributed by atoms with Crippen LogP contribution < -0.4 is 14.8 Å². The van der Waals surface area contributed by atoms with Crippen LogP contribution in [-0.2, 0) is 16.6 Å². The highest BCUT2D eigenvalue weighted by molar-refractivity contribution is 7.88. The van der Waals surface area contributed by atoms with Crippen LogP contribution in [0.25, 0.3) is 0 Å². The molecule has 0 saturated heterocycles. The van der Waals surface area contributed by atoms with E-state index in [2.05, 4.69) is 5.32 Å². The number of sulfonamides is 1. The minimum absolute atomic E-state index is 0.142. The molecule has 0 unspecified atom stereocenters. The molecule has 26 heavy (non-hydrogen) atoms. The molecule has 3 rings (SSSR count). The quantitative estimate of drug-likeness (QED) is 0.794. The monoisotopic (exact) mass is 376 g/mol. The van der Waals surface area contributed by atoms with Crippen LogP contribution in [0, 0.1) is 0 Å². The molecule has 2 aromatic carbocycles. The first-order valence-electron chi connectivity index (χ1n) is 8.10. The largest absolute Gasteiger partial charge is 0.454 e. The average molecular weight is 376 g/mol. The summed E-state index contributed by atoms with van der Waals surface area (Å²) in [4.78, 5) is 12.3. The number of amides is 1. The first-order chi connectivity index (χ1) is 12.4. The standard InChI is InChI=1S/C18H20N2O5S/c1-26(22,23)20(12-14-5-3-2-4-6-14)10-9-19-18(21)15-7-8-16-17(11-15)25-13-24-16/h2-8,11H,9-10,12-13H2,1H3,(H,19,21). The summed E-state index contributed by atoms with van der Waals surface area (Å²) in [7, 11) is -3.39. The minimum Gasteiger partial charge on any atom is -0.454 e. The second kappa shape index (κ2) is 7.76. The van der Waals surface area contributed by atoms with E-state index in [1.165, 1.54) is 4.31 Å². The normalized spacial score (nSPS) is 13.0. The molecule has 0 radical (unpaired) electrons. The van der Waals surface area contributed by atoms with Gasteiger partial charge in [0.2, 0.25) is 16.8 Å². The van der Waals surface area contributed by atoms with Crippen LogP contribution in [0.1, 0.15) is 15.9 Å². The van der Waals surface area contributed by atoms with Gasteiger partial charge in [-0.3, -0.25) is 4.79 Å². The second-order valence-corrected chi connectivity index (χ2v) is 7.89. The van der Waals surface area contributed by atoms with Crippen molar-refractivity contribution in [3.8, 4) is 11.5 Å². The number of hydrogen-bond acceptors (Lipinski definition) is 5. The molecular formula is C18H20N2O5S. The summed E-state index contributed by atoms with van der Waals surface area (Å²) < 4.78 is 35.8. The molecule has 1 heterocycles. The first kappa shape index (κ1) is 18.2. The van der Waals surface area contributed by atoms with Gasteiger partial charge in [-0.25, -0.2) is 8.42 Å². The summed E-state index contributed by atoms with van der Waals surface area (Å²) in [6.45, 7) is 0.792. The van der Waals surface area contributed by atoms with Gasteiger partial charge in [0.1, 0.15) is 0 Å². The zero-order valence-corrected chi connectivity index (χ0v) is 15.2. The fourth-order valence-electron chi connectivity index (χ4n) is 2.58. The maximum Gasteiger partial charge on any atom is 0.251 e. The lowest BCUT2D eigenvalue weighted by Gasteiger charge is -2.20. The van der Waals surface area contributed by atoms with Crippen molar-refractivity contribution in [1.82, 2.24) is 9.62 Å². The van der Waals surface area contributed by atoms with Gasteiger partial charge in [0.15, 0.2) is 11.5 Å². The predicted molar refractivity (Wildman–Crippen MR) is 96.6 cm³/mol. The second-order valence-electron chi connectivity index (χ2n) is 5.91. The predicted octanol–water partition coefficient (Wildman–Crippen LogP) is 1.61. The molecule has 0 fully saturated rings. The van der Waals surface area contributed by atoms with Gasteiger partial charge in [-0.05, 0) is 23.8 Å². The Balaban J connectivity index is 1.58. The zero-order valence-electron chi connectivity index (χ0n) is 14.3. The molecule has 1 aliphatic heterocycles. The van der Waals surface area contributed by atoms with E-state index < -0.39 is 10.0 Å². The summed E-state index contributed by atoms with van der Waals surface area (Å²) in [5.41, 5.74) is 1.32. The maximum absolute atomic E-state index is 12.3. The molecule has 0 spiro atoms. The van der Waals surface area contributed by atoms with Crippen molar-refractivity contribution in [3.05, 3.63) is 59.7 Å². The molecule has 8 heteroatoms. The lowest BCUT2D eigenvalue weighted by molar-refractivity contribution is 0.0951. The van der Waals surface area contributed by atoms with E-state index in [1.807, 2.05) is 30.3 Å². The first-order valence-corrected chi connectivity index (χ1v) is 9.95. The third-order valence-corrected chi connectivity index (χ3v) is 5.20. The Morgan fingerprint density at radius 3 is 2.58 bits per heavy atom. The zero-order chi connectivity index (χ0) is 18.6. The van der Waals surface area contributed by atoms with Crippen LogP contribution in [0.3, 0.4) is 0 Å². The summed E-state index contributed by atoms with van der Waals surface area (Å²) in [5, 5.41) is 2.74. The molecule has 0 aromatic heterocycles. The molecule has 2 aromatic rings. The molecule has 0 atom stereocenters. The van der Waals surface area contributed by atoms with Gasteiger partial charge in [0.25, 0.3) is 5.91 Å². The van der Waals surface area contributed by atoms with Gasteiger partial charge in [-0.15, -0.1) is 0 Å². The summed E-state index contributed by atoms with van der Waals surface area (Å²) in [6.07, 6.45) is 1.16. The number of nitrogens with zero attached hydrogens (tertiary/aromatic N) is 1. The highest BCUT2D eigenvalue weighted by Crippen LogP contribution is 2.32. The van der Waals surface area contributed by atoms with E-state index in [4.69, 9.17) is 9.47 Å². The van der Waals surface area contributed by atoms with Crippen molar-refractivity contribution in [2.45, 2.75) is 6.54 Å². The Bertz CT molecular complexity index is 884. The molecule has 1 N–H and O–H groups in total. The van der Waals surface area contributed by atoms with Gasteiger partial charge < -0.3 is 14.8 Å². The fraction of sp³-hybridized carbons (Fsp3) is 0.278. The van der Waals surface area contributed by atoms with Crippen molar-refractivity contribution in [3.63, 3.8) is 0 Å². The Morgan fingerprint density at radius 1 is 1.12 bits per heavy atom. The van der Waals surface area contributed by atoms with E-state index in [-0.39, 0.29) is 32.3 Å². The van der Waals surface area contributed by atoms with Crippen LogP contribution in [0.2, 0.25) is 0 Å². The lowest BCUT2D eigenvalue weighted by Crippen LogP contribution is -2.37. The van der Waals surface area contributed by atoms with Crippen LogP contribution in [0.4, 0.5) is 0 Å². The topological polar surface area (TPSA) is 84.9 Å². The smallest absolute Gasteiger partial charge is 0.251 e. The summed E-state index contributed by atoms with van der Waals surface area (Å²) in [5.74, 6) is 0.837. The van der Waals surface area contributed by atoms with Crippen molar-refractivity contribution in [2.75, 3.05) is 26.1 Å². The highest BCUT2D eigenvalue weighted by atomic mass is 32.2. The van der Waals surface area contributed by atoms with Crippen LogP contribution in [-0.4, -0.2) is 44.8 Å².